The molecule has 0 radical (unpaired) electrons. The van der Waals surface area contributed by atoms with Gasteiger partial charge >= 0.3 is 0 Å². The van der Waals surface area contributed by atoms with Gasteiger partial charge in [0.2, 0.25) is 0 Å². The van der Waals surface area contributed by atoms with Gasteiger partial charge in [0.1, 0.15) is 12.4 Å². The highest BCUT2D eigenvalue weighted by molar-refractivity contribution is 6.03. The molecule has 1 aliphatic rings. The molecule has 6 heteroatoms. The molecule has 0 bridgehead atoms. The summed E-state index contributed by atoms with van der Waals surface area (Å²) in [6.45, 7) is 1.39. The average molecular weight is 299 g/mol. The molecule has 1 amide bonds. The maximum atomic E-state index is 12.0. The Kier molecular flexibility index (Phi) is 4.60. The van der Waals surface area contributed by atoms with Crippen molar-refractivity contribution in [2.24, 2.45) is 0 Å². The summed E-state index contributed by atoms with van der Waals surface area (Å²) in [6, 6.07) is 8.88. The van der Waals surface area contributed by atoms with E-state index in [0.29, 0.717) is 17.9 Å². The molecule has 2 aromatic rings. The Morgan fingerprint density at radius 2 is 2.14 bits per heavy atom. The Bertz CT molecular complexity index is 610. The molecule has 1 aliphatic heterocycles. The highest BCUT2D eigenvalue weighted by atomic mass is 16.5. The van der Waals surface area contributed by atoms with Crippen LogP contribution in [0.5, 0.6) is 5.75 Å². The lowest BCUT2D eigenvalue weighted by Gasteiger charge is -2.12. The van der Waals surface area contributed by atoms with Gasteiger partial charge in [-0.05, 0) is 43.2 Å². The van der Waals surface area contributed by atoms with Crippen molar-refractivity contribution in [3.8, 4) is 5.75 Å². The van der Waals surface area contributed by atoms with Gasteiger partial charge in [-0.15, -0.1) is 0 Å². The van der Waals surface area contributed by atoms with E-state index in [9.17, 15) is 4.79 Å². The van der Waals surface area contributed by atoms with Crippen molar-refractivity contribution < 1.29 is 14.3 Å². The van der Waals surface area contributed by atoms with Crippen LogP contribution in [0, 0.1) is 0 Å². The minimum Gasteiger partial charge on any atom is -0.491 e. The third-order valence-electron chi connectivity index (χ3n) is 3.42. The molecule has 6 nitrogen and oxygen atoms in total. The van der Waals surface area contributed by atoms with E-state index < -0.39 is 0 Å². The van der Waals surface area contributed by atoms with Crippen molar-refractivity contribution in [3.63, 3.8) is 0 Å². The maximum Gasteiger partial charge on any atom is 0.257 e. The average Bonchev–Trinajstić information content (AvgIpc) is 3.08. The third-order valence-corrected chi connectivity index (χ3v) is 3.42. The lowest BCUT2D eigenvalue weighted by atomic mass is 10.2. The van der Waals surface area contributed by atoms with Crippen LogP contribution in [0.15, 0.2) is 42.7 Å². The van der Waals surface area contributed by atoms with Crippen molar-refractivity contribution >= 4 is 11.6 Å². The molecule has 1 unspecified atom stereocenters. The maximum absolute atomic E-state index is 12.0. The monoisotopic (exact) mass is 299 g/mol. The minimum atomic E-state index is -0.220. The molecule has 3 rings (SSSR count). The number of hydrogen-bond donors (Lipinski definition) is 1. The fourth-order valence-corrected chi connectivity index (χ4v) is 2.23. The lowest BCUT2D eigenvalue weighted by Crippen LogP contribution is -2.16. The number of aromatic nitrogens is 2. The number of amides is 1. The summed E-state index contributed by atoms with van der Waals surface area (Å²) in [7, 11) is 0. The van der Waals surface area contributed by atoms with E-state index in [1.165, 1.54) is 12.4 Å². The SMILES string of the molecule is O=C(Nc1ccc(OCC2CCCO2)cc1)c1ccnnc1. The predicted molar refractivity (Wildman–Crippen MR) is 80.9 cm³/mol. The number of ether oxygens (including phenoxy) is 2. The van der Waals surface area contributed by atoms with E-state index in [0.717, 1.165) is 25.2 Å². The van der Waals surface area contributed by atoms with Crippen LogP contribution in [-0.2, 0) is 4.74 Å². The molecule has 1 atom stereocenters. The molecule has 1 aromatic heterocycles. The van der Waals surface area contributed by atoms with E-state index >= 15 is 0 Å². The van der Waals surface area contributed by atoms with E-state index in [-0.39, 0.29) is 12.0 Å². The van der Waals surface area contributed by atoms with Crippen LogP contribution < -0.4 is 10.1 Å². The quantitative estimate of drug-likeness (QED) is 0.917. The first-order valence-corrected chi connectivity index (χ1v) is 7.24. The Balaban J connectivity index is 1.53. The van der Waals surface area contributed by atoms with E-state index in [1.54, 1.807) is 18.2 Å². The summed E-state index contributed by atoms with van der Waals surface area (Å²) in [5.74, 6) is 0.544. The number of carbonyl (C=O) groups excluding carboxylic acids is 1. The van der Waals surface area contributed by atoms with Gasteiger partial charge in [0.15, 0.2) is 0 Å². The van der Waals surface area contributed by atoms with Gasteiger partial charge in [-0.3, -0.25) is 4.79 Å². The molecule has 2 heterocycles. The molecule has 1 N–H and O–H groups in total. The van der Waals surface area contributed by atoms with Crippen LogP contribution in [-0.4, -0.2) is 35.4 Å². The summed E-state index contributed by atoms with van der Waals surface area (Å²) in [6.07, 6.45) is 5.25. The smallest absolute Gasteiger partial charge is 0.257 e. The van der Waals surface area contributed by atoms with Crippen molar-refractivity contribution in [1.82, 2.24) is 10.2 Å². The summed E-state index contributed by atoms with van der Waals surface area (Å²) in [5, 5.41) is 10.1. The summed E-state index contributed by atoms with van der Waals surface area (Å²) >= 11 is 0. The number of nitrogens with zero attached hydrogens (tertiary/aromatic N) is 2. The Labute approximate surface area is 128 Å². The molecule has 0 spiro atoms. The van der Waals surface area contributed by atoms with Crippen LogP contribution in [0.1, 0.15) is 23.2 Å². The van der Waals surface area contributed by atoms with Gasteiger partial charge in [0.05, 0.1) is 24.1 Å². The number of rotatable bonds is 5. The van der Waals surface area contributed by atoms with Gasteiger partial charge in [-0.25, -0.2) is 0 Å². The Morgan fingerprint density at radius 1 is 1.27 bits per heavy atom. The van der Waals surface area contributed by atoms with Crippen molar-refractivity contribution in [2.75, 3.05) is 18.5 Å². The van der Waals surface area contributed by atoms with Crippen LogP contribution in [0.3, 0.4) is 0 Å². The number of carbonyl (C=O) groups is 1. The summed E-state index contributed by atoms with van der Waals surface area (Å²) in [5.41, 5.74) is 1.17. The molecule has 0 aliphatic carbocycles. The van der Waals surface area contributed by atoms with Crippen LogP contribution >= 0.6 is 0 Å². The van der Waals surface area contributed by atoms with Crippen molar-refractivity contribution in [2.45, 2.75) is 18.9 Å². The first-order valence-electron chi connectivity index (χ1n) is 7.24. The second kappa shape index (κ2) is 7.00. The molecule has 22 heavy (non-hydrogen) atoms. The zero-order chi connectivity index (χ0) is 15.2. The number of anilines is 1. The first-order chi connectivity index (χ1) is 10.8. The molecular weight excluding hydrogens is 282 g/mol. The van der Waals surface area contributed by atoms with Gasteiger partial charge < -0.3 is 14.8 Å². The zero-order valence-corrected chi connectivity index (χ0v) is 12.1. The Hall–Kier alpha value is -2.47. The van der Waals surface area contributed by atoms with Gasteiger partial charge in [0, 0.05) is 12.3 Å². The fourth-order valence-electron chi connectivity index (χ4n) is 2.23. The van der Waals surface area contributed by atoms with Crippen LogP contribution in [0.25, 0.3) is 0 Å². The second-order valence-corrected chi connectivity index (χ2v) is 5.06. The van der Waals surface area contributed by atoms with Crippen LogP contribution in [0.4, 0.5) is 5.69 Å². The first kappa shape index (κ1) is 14.5. The molecule has 114 valence electrons. The van der Waals surface area contributed by atoms with Crippen molar-refractivity contribution in [1.29, 1.82) is 0 Å². The van der Waals surface area contributed by atoms with Gasteiger partial charge in [-0.2, -0.15) is 10.2 Å². The lowest BCUT2D eigenvalue weighted by molar-refractivity contribution is 0.0679. The van der Waals surface area contributed by atoms with Crippen LogP contribution in [0.2, 0.25) is 0 Å². The molecular formula is C16H17N3O3. The standard InChI is InChI=1S/C16H17N3O3/c20-16(12-7-8-17-18-10-12)19-13-3-5-14(6-4-13)22-11-15-2-1-9-21-15/h3-8,10,15H,1-2,9,11H2,(H,19,20). The Morgan fingerprint density at radius 3 is 2.82 bits per heavy atom. The molecule has 1 saturated heterocycles. The third kappa shape index (κ3) is 3.79. The highest BCUT2D eigenvalue weighted by Crippen LogP contribution is 2.18. The predicted octanol–water partition coefficient (Wildman–Crippen LogP) is 2.29. The number of benzene rings is 1. The minimum absolute atomic E-state index is 0.193. The van der Waals surface area contributed by atoms with E-state index in [4.69, 9.17) is 9.47 Å². The molecule has 0 saturated carbocycles. The normalized spacial score (nSPS) is 17.2. The largest absolute Gasteiger partial charge is 0.491 e. The number of nitrogens with one attached hydrogen (secondary N) is 1. The number of hydrogen-bond acceptors (Lipinski definition) is 5. The molecule has 1 aromatic carbocycles. The summed E-state index contributed by atoms with van der Waals surface area (Å²) in [4.78, 5) is 12.0. The van der Waals surface area contributed by atoms with Gasteiger partial charge in [-0.1, -0.05) is 0 Å². The van der Waals surface area contributed by atoms with Crippen molar-refractivity contribution in [3.05, 3.63) is 48.3 Å². The zero-order valence-electron chi connectivity index (χ0n) is 12.1. The highest BCUT2D eigenvalue weighted by Gasteiger charge is 2.15. The second-order valence-electron chi connectivity index (χ2n) is 5.06. The van der Waals surface area contributed by atoms with E-state index in [1.807, 2.05) is 12.1 Å². The fraction of sp³-hybridized carbons (Fsp3) is 0.312. The topological polar surface area (TPSA) is 73.3 Å². The molecule has 1 fully saturated rings. The summed E-state index contributed by atoms with van der Waals surface area (Å²) < 4.78 is 11.2. The van der Waals surface area contributed by atoms with Gasteiger partial charge in [0.25, 0.3) is 5.91 Å². The van der Waals surface area contributed by atoms with E-state index in [2.05, 4.69) is 15.5 Å².